The first-order valence-corrected chi connectivity index (χ1v) is 6.67. The van der Waals surface area contributed by atoms with Crippen molar-refractivity contribution in [1.82, 2.24) is 0 Å². The zero-order chi connectivity index (χ0) is 13.0. The highest BCUT2D eigenvalue weighted by atomic mass is 32.1. The summed E-state index contributed by atoms with van der Waals surface area (Å²) in [7, 11) is 0. The molecule has 0 aliphatic heterocycles. The largest absolute Gasteiger partial charge is 0.373 e. The average molecular weight is 265 g/mol. The number of rotatable bonds is 5. The lowest BCUT2D eigenvalue weighted by molar-refractivity contribution is 0.149. The Balaban J connectivity index is 2.34. The summed E-state index contributed by atoms with van der Waals surface area (Å²) >= 11 is 1.54. The summed E-state index contributed by atoms with van der Waals surface area (Å²) in [6, 6.07) is 5.11. The molecule has 0 saturated heterocycles. The molecule has 1 aromatic carbocycles. The van der Waals surface area contributed by atoms with Crippen LogP contribution in [-0.2, 0) is 17.9 Å². The molecule has 0 aliphatic rings. The Labute approximate surface area is 110 Å². The number of fused-ring (bicyclic) bond motifs is 1. The summed E-state index contributed by atoms with van der Waals surface area (Å²) < 4.78 is 20.3. The Kier molecular flexibility index (Phi) is 4.47. The van der Waals surface area contributed by atoms with Crippen molar-refractivity contribution >= 4 is 21.4 Å². The van der Waals surface area contributed by atoms with Crippen molar-refractivity contribution in [1.29, 1.82) is 0 Å². The van der Waals surface area contributed by atoms with Gasteiger partial charge in [-0.25, -0.2) is 4.39 Å². The van der Waals surface area contributed by atoms with Crippen LogP contribution in [0.25, 0.3) is 10.1 Å². The van der Waals surface area contributed by atoms with Crippen LogP contribution in [0, 0.1) is 5.82 Å². The molecule has 2 nitrogen and oxygen atoms in total. The Morgan fingerprint density at radius 3 is 3.00 bits per heavy atom. The summed E-state index contributed by atoms with van der Waals surface area (Å²) in [4.78, 5) is 0.996. The van der Waals surface area contributed by atoms with Crippen molar-refractivity contribution < 1.29 is 9.13 Å². The third kappa shape index (κ3) is 2.61. The van der Waals surface area contributed by atoms with Gasteiger partial charge in [-0.1, -0.05) is 18.2 Å². The molecule has 0 amide bonds. The average Bonchev–Trinajstić information content (AvgIpc) is 2.74. The van der Waals surface area contributed by atoms with E-state index in [-0.39, 0.29) is 5.82 Å². The van der Waals surface area contributed by atoms with Gasteiger partial charge in [0, 0.05) is 27.1 Å². The van der Waals surface area contributed by atoms with Gasteiger partial charge in [-0.05, 0) is 19.1 Å². The van der Waals surface area contributed by atoms with Crippen molar-refractivity contribution in [2.24, 2.45) is 5.73 Å². The molecule has 0 radical (unpaired) electrons. The summed E-state index contributed by atoms with van der Waals surface area (Å²) in [5, 5.41) is 0.656. The number of nitrogens with two attached hydrogens (primary N) is 1. The van der Waals surface area contributed by atoms with Gasteiger partial charge < -0.3 is 10.5 Å². The number of halogens is 1. The standard InChI is InChI=1S/C14H16FNOS/c1-2-3-7-17-9-10-13(8-16)18-12-6-4-5-11(15)14(10)12/h2-6H,7-9,16H2,1H3. The zero-order valence-electron chi connectivity index (χ0n) is 10.3. The Morgan fingerprint density at radius 2 is 2.28 bits per heavy atom. The zero-order valence-corrected chi connectivity index (χ0v) is 11.1. The molecular formula is C14H16FNOS. The van der Waals surface area contributed by atoms with Crippen LogP contribution in [0.2, 0.25) is 0 Å². The van der Waals surface area contributed by atoms with E-state index in [1.165, 1.54) is 17.4 Å². The first-order chi connectivity index (χ1) is 8.77. The summed E-state index contributed by atoms with van der Waals surface area (Å²) in [5.74, 6) is -0.201. The molecule has 96 valence electrons. The molecule has 0 aliphatic carbocycles. The van der Waals surface area contributed by atoms with E-state index < -0.39 is 0 Å². The van der Waals surface area contributed by atoms with Gasteiger partial charge in [-0.2, -0.15) is 0 Å². The van der Waals surface area contributed by atoms with E-state index in [1.54, 1.807) is 6.07 Å². The Bertz CT molecular complexity index is 562. The Morgan fingerprint density at radius 1 is 1.44 bits per heavy atom. The normalized spacial score (nSPS) is 11.7. The maximum absolute atomic E-state index is 13.9. The van der Waals surface area contributed by atoms with Gasteiger partial charge >= 0.3 is 0 Å². The van der Waals surface area contributed by atoms with E-state index in [1.807, 2.05) is 25.1 Å². The molecule has 0 fully saturated rings. The van der Waals surface area contributed by atoms with Crippen molar-refractivity contribution in [2.75, 3.05) is 6.61 Å². The lowest BCUT2D eigenvalue weighted by Crippen LogP contribution is -2.00. The molecule has 18 heavy (non-hydrogen) atoms. The molecule has 0 bridgehead atoms. The summed E-state index contributed by atoms with van der Waals surface area (Å²) in [6.45, 7) is 3.29. The van der Waals surface area contributed by atoms with Crippen molar-refractivity contribution in [3.05, 3.63) is 46.6 Å². The third-order valence-corrected chi connectivity index (χ3v) is 3.95. The molecule has 1 heterocycles. The van der Waals surface area contributed by atoms with Crippen LogP contribution in [0.15, 0.2) is 30.4 Å². The number of hydrogen-bond donors (Lipinski definition) is 1. The predicted octanol–water partition coefficient (Wildman–Crippen LogP) is 3.59. The van der Waals surface area contributed by atoms with E-state index in [2.05, 4.69) is 0 Å². The monoisotopic (exact) mass is 265 g/mol. The molecule has 2 aromatic rings. The minimum absolute atomic E-state index is 0.201. The topological polar surface area (TPSA) is 35.2 Å². The van der Waals surface area contributed by atoms with Crippen LogP contribution in [0.4, 0.5) is 4.39 Å². The predicted molar refractivity (Wildman–Crippen MR) is 74.1 cm³/mol. The molecule has 2 N–H and O–H groups in total. The molecule has 0 saturated carbocycles. The van der Waals surface area contributed by atoms with Gasteiger partial charge in [0.15, 0.2) is 0 Å². The third-order valence-electron chi connectivity index (χ3n) is 2.73. The van der Waals surface area contributed by atoms with Crippen LogP contribution in [0.3, 0.4) is 0 Å². The van der Waals surface area contributed by atoms with E-state index in [4.69, 9.17) is 10.5 Å². The fourth-order valence-corrected chi connectivity index (χ4v) is 2.96. The highest BCUT2D eigenvalue weighted by molar-refractivity contribution is 7.19. The molecule has 0 unspecified atom stereocenters. The lowest BCUT2D eigenvalue weighted by atomic mass is 10.1. The quantitative estimate of drug-likeness (QED) is 0.662. The highest BCUT2D eigenvalue weighted by Crippen LogP contribution is 2.33. The van der Waals surface area contributed by atoms with Crippen molar-refractivity contribution in [3.63, 3.8) is 0 Å². The number of hydrogen-bond acceptors (Lipinski definition) is 3. The van der Waals surface area contributed by atoms with Crippen LogP contribution in [0.5, 0.6) is 0 Å². The van der Waals surface area contributed by atoms with Gasteiger partial charge in [0.1, 0.15) is 5.82 Å². The molecular weight excluding hydrogens is 249 g/mol. The van der Waals surface area contributed by atoms with Crippen LogP contribution in [-0.4, -0.2) is 6.61 Å². The maximum Gasteiger partial charge on any atom is 0.132 e. The van der Waals surface area contributed by atoms with Crippen molar-refractivity contribution in [2.45, 2.75) is 20.1 Å². The van der Waals surface area contributed by atoms with E-state index in [0.717, 1.165) is 15.1 Å². The first-order valence-electron chi connectivity index (χ1n) is 5.85. The van der Waals surface area contributed by atoms with Gasteiger partial charge in [-0.3, -0.25) is 0 Å². The number of ether oxygens (including phenoxy) is 1. The highest BCUT2D eigenvalue weighted by Gasteiger charge is 2.14. The van der Waals surface area contributed by atoms with Gasteiger partial charge in [0.05, 0.1) is 13.2 Å². The van der Waals surface area contributed by atoms with E-state index in [0.29, 0.717) is 25.1 Å². The second-order valence-electron chi connectivity index (χ2n) is 3.91. The fourth-order valence-electron chi connectivity index (χ4n) is 1.86. The molecule has 4 heteroatoms. The van der Waals surface area contributed by atoms with E-state index >= 15 is 0 Å². The van der Waals surface area contributed by atoms with Gasteiger partial charge in [0.25, 0.3) is 0 Å². The number of allylic oxidation sites excluding steroid dienone is 1. The maximum atomic E-state index is 13.9. The minimum atomic E-state index is -0.201. The first kappa shape index (κ1) is 13.2. The smallest absolute Gasteiger partial charge is 0.132 e. The molecule has 2 rings (SSSR count). The second kappa shape index (κ2) is 6.09. The van der Waals surface area contributed by atoms with E-state index in [9.17, 15) is 4.39 Å². The lowest BCUT2D eigenvalue weighted by Gasteiger charge is -2.04. The van der Waals surface area contributed by atoms with Crippen molar-refractivity contribution in [3.8, 4) is 0 Å². The summed E-state index contributed by atoms with van der Waals surface area (Å²) in [6.07, 6.45) is 3.85. The van der Waals surface area contributed by atoms with Crippen LogP contribution < -0.4 is 5.73 Å². The van der Waals surface area contributed by atoms with Crippen LogP contribution in [0.1, 0.15) is 17.4 Å². The summed E-state index contributed by atoms with van der Waals surface area (Å²) in [5.41, 5.74) is 6.60. The minimum Gasteiger partial charge on any atom is -0.373 e. The SMILES string of the molecule is CC=CCOCc1c(CN)sc2cccc(F)c12. The van der Waals surface area contributed by atoms with Gasteiger partial charge in [-0.15, -0.1) is 11.3 Å². The molecule has 1 aromatic heterocycles. The van der Waals surface area contributed by atoms with Gasteiger partial charge in [0.2, 0.25) is 0 Å². The second-order valence-corrected chi connectivity index (χ2v) is 5.04. The number of thiophene rings is 1. The Hall–Kier alpha value is -1.23. The molecule has 0 atom stereocenters. The number of benzene rings is 1. The van der Waals surface area contributed by atoms with Crippen LogP contribution >= 0.6 is 11.3 Å². The molecule has 0 spiro atoms. The fraction of sp³-hybridized carbons (Fsp3) is 0.286.